The summed E-state index contributed by atoms with van der Waals surface area (Å²) < 4.78 is 11.2. The van der Waals surface area contributed by atoms with Crippen LogP contribution in [0.15, 0.2) is 46.9 Å². The van der Waals surface area contributed by atoms with Gasteiger partial charge in [0.2, 0.25) is 0 Å². The third-order valence-electron chi connectivity index (χ3n) is 2.73. The van der Waals surface area contributed by atoms with Crippen LogP contribution in [0.1, 0.15) is 10.4 Å². The average molecular weight is 336 g/mol. The summed E-state index contributed by atoms with van der Waals surface area (Å²) in [6.07, 6.45) is 0. The minimum Gasteiger partial charge on any atom is -0.493 e. The summed E-state index contributed by atoms with van der Waals surface area (Å²) in [5.74, 6) is 0.907. The zero-order valence-corrected chi connectivity index (χ0v) is 12.7. The first-order valence-corrected chi connectivity index (χ1v) is 6.72. The number of benzene rings is 2. The molecule has 104 valence electrons. The number of nitrogens with one attached hydrogen (secondary N) is 1. The molecule has 0 bridgehead atoms. The molecular weight excluding hydrogens is 322 g/mol. The molecule has 0 radical (unpaired) electrons. The van der Waals surface area contributed by atoms with E-state index >= 15 is 0 Å². The molecule has 0 fully saturated rings. The lowest BCUT2D eigenvalue weighted by atomic mass is 10.2. The second kappa shape index (κ2) is 6.43. The Morgan fingerprint density at radius 2 is 1.80 bits per heavy atom. The van der Waals surface area contributed by atoms with Crippen LogP contribution in [0.2, 0.25) is 0 Å². The molecule has 0 spiro atoms. The van der Waals surface area contributed by atoms with Gasteiger partial charge in [-0.3, -0.25) is 4.79 Å². The van der Waals surface area contributed by atoms with E-state index in [9.17, 15) is 4.79 Å². The van der Waals surface area contributed by atoms with Crippen LogP contribution >= 0.6 is 15.9 Å². The van der Waals surface area contributed by atoms with E-state index in [1.54, 1.807) is 25.3 Å². The minimum atomic E-state index is -0.205. The highest BCUT2D eigenvalue weighted by Crippen LogP contribution is 2.28. The van der Waals surface area contributed by atoms with Crippen molar-refractivity contribution in [2.24, 2.45) is 0 Å². The second-order valence-electron chi connectivity index (χ2n) is 4.03. The quantitative estimate of drug-likeness (QED) is 0.926. The Morgan fingerprint density at radius 1 is 1.05 bits per heavy atom. The Hall–Kier alpha value is -2.01. The largest absolute Gasteiger partial charge is 0.493 e. The molecule has 0 aromatic heterocycles. The summed E-state index contributed by atoms with van der Waals surface area (Å²) >= 11 is 3.36. The molecule has 0 atom stereocenters. The van der Waals surface area contributed by atoms with Crippen molar-refractivity contribution >= 4 is 27.5 Å². The van der Waals surface area contributed by atoms with Crippen LogP contribution in [0.3, 0.4) is 0 Å². The predicted octanol–water partition coefficient (Wildman–Crippen LogP) is 3.72. The molecule has 1 amide bonds. The number of amides is 1. The van der Waals surface area contributed by atoms with E-state index in [-0.39, 0.29) is 5.91 Å². The molecule has 0 saturated carbocycles. The third-order valence-corrected chi connectivity index (χ3v) is 3.22. The van der Waals surface area contributed by atoms with Gasteiger partial charge in [-0.1, -0.05) is 22.0 Å². The van der Waals surface area contributed by atoms with Gasteiger partial charge in [0.25, 0.3) is 5.91 Å². The summed E-state index contributed by atoms with van der Waals surface area (Å²) in [6.45, 7) is 0. The van der Waals surface area contributed by atoms with Crippen LogP contribution in [0.4, 0.5) is 5.69 Å². The lowest BCUT2D eigenvalue weighted by Gasteiger charge is -2.10. The van der Waals surface area contributed by atoms with Crippen LogP contribution in [0.25, 0.3) is 0 Å². The number of hydrogen-bond donors (Lipinski definition) is 1. The van der Waals surface area contributed by atoms with E-state index in [4.69, 9.17) is 9.47 Å². The van der Waals surface area contributed by atoms with Gasteiger partial charge in [-0.05, 0) is 36.4 Å². The summed E-state index contributed by atoms with van der Waals surface area (Å²) in [4.78, 5) is 12.2. The Bertz CT molecular complexity index is 628. The highest BCUT2D eigenvalue weighted by atomic mass is 79.9. The second-order valence-corrected chi connectivity index (χ2v) is 4.95. The molecule has 0 saturated heterocycles. The van der Waals surface area contributed by atoms with Gasteiger partial charge >= 0.3 is 0 Å². The molecule has 0 heterocycles. The highest BCUT2D eigenvalue weighted by Gasteiger charge is 2.11. The van der Waals surface area contributed by atoms with E-state index in [0.29, 0.717) is 17.1 Å². The zero-order valence-electron chi connectivity index (χ0n) is 11.1. The SMILES string of the molecule is COc1ccc(C(=O)Nc2cccc(Br)c2)cc1OC. The topological polar surface area (TPSA) is 47.6 Å². The maximum absolute atomic E-state index is 12.2. The summed E-state index contributed by atoms with van der Waals surface area (Å²) in [5, 5.41) is 2.82. The first-order valence-electron chi connectivity index (χ1n) is 5.93. The van der Waals surface area contributed by atoms with E-state index in [1.807, 2.05) is 24.3 Å². The van der Waals surface area contributed by atoms with E-state index < -0.39 is 0 Å². The number of rotatable bonds is 4. The Morgan fingerprint density at radius 3 is 2.45 bits per heavy atom. The van der Waals surface area contributed by atoms with E-state index in [1.165, 1.54) is 7.11 Å². The van der Waals surface area contributed by atoms with Crippen LogP contribution in [0, 0.1) is 0 Å². The maximum Gasteiger partial charge on any atom is 0.255 e. The van der Waals surface area contributed by atoms with Crippen molar-refractivity contribution in [3.05, 3.63) is 52.5 Å². The first kappa shape index (κ1) is 14.4. The van der Waals surface area contributed by atoms with Crippen molar-refractivity contribution in [2.75, 3.05) is 19.5 Å². The molecule has 2 aromatic rings. The molecule has 1 N–H and O–H groups in total. The summed E-state index contributed by atoms with van der Waals surface area (Å²) in [5.41, 5.74) is 1.22. The number of hydrogen-bond acceptors (Lipinski definition) is 3. The Balaban J connectivity index is 2.21. The number of ether oxygens (including phenoxy) is 2. The fraction of sp³-hybridized carbons (Fsp3) is 0.133. The average Bonchev–Trinajstić information content (AvgIpc) is 2.46. The van der Waals surface area contributed by atoms with Crippen molar-refractivity contribution in [3.63, 3.8) is 0 Å². The molecule has 20 heavy (non-hydrogen) atoms. The van der Waals surface area contributed by atoms with Crippen LogP contribution in [0.5, 0.6) is 11.5 Å². The standard InChI is InChI=1S/C15H14BrNO3/c1-19-13-7-6-10(8-14(13)20-2)15(18)17-12-5-3-4-11(16)9-12/h3-9H,1-2H3,(H,17,18). The number of methoxy groups -OCH3 is 2. The predicted molar refractivity (Wildman–Crippen MR) is 81.6 cm³/mol. The van der Waals surface area contributed by atoms with Crippen molar-refractivity contribution in [2.45, 2.75) is 0 Å². The van der Waals surface area contributed by atoms with Gasteiger partial charge < -0.3 is 14.8 Å². The fourth-order valence-corrected chi connectivity index (χ4v) is 2.15. The molecule has 4 nitrogen and oxygen atoms in total. The fourth-order valence-electron chi connectivity index (χ4n) is 1.75. The normalized spacial score (nSPS) is 9.95. The van der Waals surface area contributed by atoms with Gasteiger partial charge in [-0.15, -0.1) is 0 Å². The van der Waals surface area contributed by atoms with Crippen LogP contribution < -0.4 is 14.8 Å². The van der Waals surface area contributed by atoms with E-state index in [0.717, 1.165) is 10.2 Å². The van der Waals surface area contributed by atoms with Crippen molar-refractivity contribution in [1.82, 2.24) is 0 Å². The van der Waals surface area contributed by atoms with Gasteiger partial charge in [-0.25, -0.2) is 0 Å². The van der Waals surface area contributed by atoms with Crippen LogP contribution in [-0.2, 0) is 0 Å². The maximum atomic E-state index is 12.2. The smallest absolute Gasteiger partial charge is 0.255 e. The van der Waals surface area contributed by atoms with Crippen LogP contribution in [-0.4, -0.2) is 20.1 Å². The summed E-state index contributed by atoms with van der Waals surface area (Å²) in [6, 6.07) is 12.4. The molecular formula is C15H14BrNO3. The number of halogens is 1. The van der Waals surface area contributed by atoms with Gasteiger partial charge in [0.1, 0.15) is 0 Å². The minimum absolute atomic E-state index is 0.205. The zero-order chi connectivity index (χ0) is 14.5. The number of carbonyl (C=O) groups is 1. The van der Waals surface area contributed by atoms with Gasteiger partial charge in [0.15, 0.2) is 11.5 Å². The van der Waals surface area contributed by atoms with Crippen molar-refractivity contribution < 1.29 is 14.3 Å². The molecule has 5 heteroatoms. The van der Waals surface area contributed by atoms with Gasteiger partial charge in [0.05, 0.1) is 14.2 Å². The molecule has 0 unspecified atom stereocenters. The summed E-state index contributed by atoms with van der Waals surface area (Å²) in [7, 11) is 3.09. The highest BCUT2D eigenvalue weighted by molar-refractivity contribution is 9.10. The number of anilines is 1. The lowest BCUT2D eigenvalue weighted by molar-refractivity contribution is 0.102. The third kappa shape index (κ3) is 3.30. The van der Waals surface area contributed by atoms with Crippen molar-refractivity contribution in [1.29, 1.82) is 0 Å². The first-order chi connectivity index (χ1) is 9.63. The molecule has 0 aliphatic rings. The molecule has 0 aliphatic heterocycles. The number of carbonyl (C=O) groups excluding carboxylic acids is 1. The Labute approximate surface area is 125 Å². The molecule has 0 aliphatic carbocycles. The van der Waals surface area contributed by atoms with Gasteiger partial charge in [0, 0.05) is 15.7 Å². The van der Waals surface area contributed by atoms with Gasteiger partial charge in [-0.2, -0.15) is 0 Å². The lowest BCUT2D eigenvalue weighted by Crippen LogP contribution is -2.12. The molecule has 2 aromatic carbocycles. The Kier molecular flexibility index (Phi) is 4.63. The monoisotopic (exact) mass is 335 g/mol. The molecule has 2 rings (SSSR count). The van der Waals surface area contributed by atoms with E-state index in [2.05, 4.69) is 21.2 Å². The van der Waals surface area contributed by atoms with Crippen molar-refractivity contribution in [3.8, 4) is 11.5 Å².